The number of ketones is 1. The van der Waals surface area contributed by atoms with Crippen LogP contribution in [0.1, 0.15) is 13.3 Å². The number of hydrogen-bond donors (Lipinski definition) is 1. The summed E-state index contributed by atoms with van der Waals surface area (Å²) in [6.07, 6.45) is 1.17. The first-order chi connectivity index (χ1) is 13.1. The molecule has 6 fully saturated rings. The van der Waals surface area contributed by atoms with Crippen molar-refractivity contribution in [3.8, 4) is 5.75 Å². The minimum atomic E-state index is -0.436. The number of benzene rings is 1. The summed E-state index contributed by atoms with van der Waals surface area (Å²) in [5.41, 5.74) is 0.151. The first-order valence-corrected chi connectivity index (χ1v) is 10.3. The lowest BCUT2D eigenvalue weighted by Gasteiger charge is -2.70. The Balaban J connectivity index is 1.25. The highest BCUT2D eigenvalue weighted by atomic mass is 35.5. The van der Waals surface area contributed by atoms with E-state index in [1.54, 1.807) is 12.1 Å². The Hall–Kier alpha value is -1.59. The highest BCUT2D eigenvalue weighted by molar-refractivity contribution is 6.32. The van der Waals surface area contributed by atoms with Crippen LogP contribution in [-0.4, -0.2) is 31.5 Å². The number of amides is 1. The molecule has 6 heteroatoms. The van der Waals surface area contributed by atoms with Crippen LogP contribution in [0.2, 0.25) is 5.02 Å². The SMILES string of the molecule is CCOCCOc1c(Cl)cccc1NC(=O)C12C3C(=O)C4C5CC(C41)C2C53. The van der Waals surface area contributed by atoms with Crippen LogP contribution in [0.4, 0.5) is 5.69 Å². The third-order valence-electron chi connectivity index (χ3n) is 8.15. The topological polar surface area (TPSA) is 64.6 Å². The maximum absolute atomic E-state index is 13.4. The average Bonchev–Trinajstić information content (AvgIpc) is 3.15. The van der Waals surface area contributed by atoms with Gasteiger partial charge in [0.25, 0.3) is 0 Å². The van der Waals surface area contributed by atoms with E-state index in [4.69, 9.17) is 21.1 Å². The lowest BCUT2D eigenvalue weighted by atomic mass is 9.31. The largest absolute Gasteiger partial charge is 0.487 e. The van der Waals surface area contributed by atoms with Gasteiger partial charge in [-0.25, -0.2) is 0 Å². The van der Waals surface area contributed by atoms with Crippen LogP contribution < -0.4 is 10.1 Å². The van der Waals surface area contributed by atoms with E-state index in [1.807, 2.05) is 13.0 Å². The van der Waals surface area contributed by atoms with Crippen LogP contribution in [0.25, 0.3) is 0 Å². The van der Waals surface area contributed by atoms with Crippen LogP contribution in [0.5, 0.6) is 5.75 Å². The molecule has 6 saturated carbocycles. The fourth-order valence-electron chi connectivity index (χ4n) is 7.75. The van der Waals surface area contributed by atoms with E-state index >= 15 is 0 Å². The molecule has 1 amide bonds. The van der Waals surface area contributed by atoms with Crippen LogP contribution in [0.3, 0.4) is 0 Å². The van der Waals surface area contributed by atoms with Crippen LogP contribution in [-0.2, 0) is 14.3 Å². The van der Waals surface area contributed by atoms with Crippen molar-refractivity contribution >= 4 is 29.0 Å². The Morgan fingerprint density at radius 3 is 2.93 bits per heavy atom. The Morgan fingerprint density at radius 1 is 1.30 bits per heavy atom. The molecule has 142 valence electrons. The zero-order valence-corrected chi connectivity index (χ0v) is 15.9. The number of para-hydroxylation sites is 1. The summed E-state index contributed by atoms with van der Waals surface area (Å²) in [4.78, 5) is 26.1. The van der Waals surface area contributed by atoms with E-state index in [1.165, 1.54) is 6.42 Å². The molecule has 0 aliphatic heterocycles. The lowest BCUT2D eigenvalue weighted by Crippen LogP contribution is -2.74. The Bertz CT molecular complexity index is 872. The molecule has 1 aromatic rings. The number of carbonyl (C=O) groups is 2. The maximum Gasteiger partial charge on any atom is 0.232 e. The standard InChI is InChI=1S/C21H22ClNO4/c1-2-26-6-7-27-19-11(22)4-3-5-12(19)23-20(25)21-15-10-8-9-13(15)17(21)18(24)14(9)16(10)21/h3-5,9-10,13-17H,2,6-8H2,1H3,(H,23,25). The molecular weight excluding hydrogens is 366 g/mol. The van der Waals surface area contributed by atoms with Crippen molar-refractivity contribution in [2.45, 2.75) is 13.3 Å². The van der Waals surface area contributed by atoms with Gasteiger partial charge in [-0.05, 0) is 55.1 Å². The molecule has 1 aromatic carbocycles. The minimum Gasteiger partial charge on any atom is -0.487 e. The molecule has 0 spiro atoms. The van der Waals surface area contributed by atoms with Crippen LogP contribution in [0.15, 0.2) is 18.2 Å². The van der Waals surface area contributed by atoms with E-state index in [9.17, 15) is 9.59 Å². The number of nitrogens with one attached hydrogen (secondary N) is 1. The van der Waals surface area contributed by atoms with Gasteiger partial charge in [-0.1, -0.05) is 17.7 Å². The normalized spacial score (nSPS) is 43.6. The molecule has 6 aliphatic carbocycles. The van der Waals surface area contributed by atoms with Gasteiger partial charge in [-0.2, -0.15) is 0 Å². The van der Waals surface area contributed by atoms with Gasteiger partial charge in [0.1, 0.15) is 12.4 Å². The number of anilines is 1. The van der Waals surface area contributed by atoms with Crippen molar-refractivity contribution in [1.29, 1.82) is 0 Å². The van der Waals surface area contributed by atoms with Gasteiger partial charge >= 0.3 is 0 Å². The van der Waals surface area contributed by atoms with Crippen molar-refractivity contribution in [3.05, 3.63) is 23.2 Å². The molecule has 7 rings (SSSR count). The summed E-state index contributed by atoms with van der Waals surface area (Å²) in [5.74, 6) is 3.41. The zero-order chi connectivity index (χ0) is 18.5. The van der Waals surface area contributed by atoms with Crippen LogP contribution in [0, 0.1) is 46.8 Å². The fourth-order valence-corrected chi connectivity index (χ4v) is 7.98. The summed E-state index contributed by atoms with van der Waals surface area (Å²) < 4.78 is 11.1. The number of rotatable bonds is 7. The van der Waals surface area contributed by atoms with E-state index in [0.717, 1.165) is 0 Å². The highest BCUT2D eigenvalue weighted by Gasteiger charge is 2.96. The highest BCUT2D eigenvalue weighted by Crippen LogP contribution is 2.92. The van der Waals surface area contributed by atoms with Gasteiger partial charge in [0.2, 0.25) is 5.91 Å². The predicted molar refractivity (Wildman–Crippen MR) is 98.6 cm³/mol. The number of ether oxygens (including phenoxy) is 2. The monoisotopic (exact) mass is 387 g/mol. The van der Waals surface area contributed by atoms with Crippen molar-refractivity contribution in [3.63, 3.8) is 0 Å². The van der Waals surface area contributed by atoms with Gasteiger partial charge in [-0.15, -0.1) is 0 Å². The smallest absolute Gasteiger partial charge is 0.232 e. The molecule has 8 atom stereocenters. The zero-order valence-electron chi connectivity index (χ0n) is 15.1. The lowest BCUT2D eigenvalue weighted by molar-refractivity contribution is -0.245. The second-order valence-corrected chi connectivity index (χ2v) is 9.05. The second-order valence-electron chi connectivity index (χ2n) is 8.65. The molecule has 1 N–H and O–H groups in total. The molecule has 0 radical (unpaired) electrons. The molecule has 4 bridgehead atoms. The van der Waals surface area contributed by atoms with Crippen molar-refractivity contribution in [2.75, 3.05) is 25.1 Å². The van der Waals surface area contributed by atoms with E-state index < -0.39 is 5.41 Å². The molecular formula is C21H22ClNO4. The van der Waals surface area contributed by atoms with E-state index in [0.29, 0.717) is 65.7 Å². The number of Topliss-reactive ketones (excluding diaryl/α,β-unsaturated/α-hetero) is 1. The number of halogens is 1. The van der Waals surface area contributed by atoms with Crippen molar-refractivity contribution in [2.24, 2.45) is 46.8 Å². The van der Waals surface area contributed by atoms with E-state index in [2.05, 4.69) is 5.32 Å². The number of carbonyl (C=O) groups excluding carboxylic acids is 2. The molecule has 0 heterocycles. The Kier molecular flexibility index (Phi) is 3.19. The fraction of sp³-hybridized carbons (Fsp3) is 0.619. The van der Waals surface area contributed by atoms with Gasteiger partial charge in [0, 0.05) is 18.4 Å². The first kappa shape index (κ1) is 16.4. The summed E-state index contributed by atoms with van der Waals surface area (Å²) >= 11 is 6.31. The van der Waals surface area contributed by atoms with Gasteiger partial charge in [0.05, 0.1) is 22.7 Å². The summed E-state index contributed by atoms with van der Waals surface area (Å²) in [6, 6.07) is 5.36. The Labute approximate surface area is 162 Å². The minimum absolute atomic E-state index is 0.00289. The molecule has 5 nitrogen and oxygen atoms in total. The summed E-state index contributed by atoms with van der Waals surface area (Å²) in [6.45, 7) is 3.39. The first-order valence-electron chi connectivity index (χ1n) is 9.96. The maximum atomic E-state index is 13.4. The summed E-state index contributed by atoms with van der Waals surface area (Å²) in [7, 11) is 0. The summed E-state index contributed by atoms with van der Waals surface area (Å²) in [5, 5.41) is 3.54. The third kappa shape index (κ3) is 1.64. The molecule has 6 aliphatic rings. The second kappa shape index (κ2) is 5.26. The molecule has 27 heavy (non-hydrogen) atoms. The average molecular weight is 388 g/mol. The van der Waals surface area contributed by atoms with Gasteiger partial charge in [0.15, 0.2) is 5.75 Å². The quantitative estimate of drug-likeness (QED) is 0.730. The Morgan fingerprint density at radius 2 is 2.15 bits per heavy atom. The molecule has 0 aromatic heterocycles. The van der Waals surface area contributed by atoms with Crippen molar-refractivity contribution in [1.82, 2.24) is 0 Å². The predicted octanol–water partition coefficient (Wildman–Crippen LogP) is 3.02. The molecule has 0 saturated heterocycles. The molecule has 8 unspecified atom stereocenters. The van der Waals surface area contributed by atoms with Gasteiger partial charge in [-0.3, -0.25) is 9.59 Å². The van der Waals surface area contributed by atoms with Crippen molar-refractivity contribution < 1.29 is 19.1 Å². The third-order valence-corrected chi connectivity index (χ3v) is 8.45. The number of hydrogen-bond acceptors (Lipinski definition) is 4. The van der Waals surface area contributed by atoms with Crippen LogP contribution >= 0.6 is 11.6 Å². The van der Waals surface area contributed by atoms with Gasteiger partial charge < -0.3 is 14.8 Å². The van der Waals surface area contributed by atoms with E-state index in [-0.39, 0.29) is 23.7 Å².